The van der Waals surface area contributed by atoms with Gasteiger partial charge in [0.25, 0.3) is 0 Å². The number of fused-ring (bicyclic) bond motifs is 1. The highest BCUT2D eigenvalue weighted by Gasteiger charge is 2.18. The van der Waals surface area contributed by atoms with Gasteiger partial charge in [-0.1, -0.05) is 6.07 Å². The van der Waals surface area contributed by atoms with Gasteiger partial charge in [0.2, 0.25) is 0 Å². The molecule has 3 aromatic heterocycles. The van der Waals surface area contributed by atoms with Gasteiger partial charge in [-0.25, -0.2) is 9.97 Å². The molecule has 0 saturated carbocycles. The SMILES string of the molecule is Cc1ccnc2c1nc(CCCl)n2C(C)Cc1cccs1. The maximum Gasteiger partial charge on any atom is 0.160 e. The number of imidazole rings is 1. The van der Waals surface area contributed by atoms with Crippen LogP contribution in [0.3, 0.4) is 0 Å². The second-order valence-electron chi connectivity index (χ2n) is 5.27. The fourth-order valence-electron chi connectivity index (χ4n) is 2.69. The summed E-state index contributed by atoms with van der Waals surface area (Å²) in [6.45, 7) is 4.30. The van der Waals surface area contributed by atoms with Gasteiger partial charge < -0.3 is 4.57 Å². The quantitative estimate of drug-likeness (QED) is 0.653. The summed E-state index contributed by atoms with van der Waals surface area (Å²) < 4.78 is 2.25. The number of pyridine rings is 1. The first-order valence-corrected chi connectivity index (χ1v) is 8.53. The van der Waals surface area contributed by atoms with Crippen molar-refractivity contribution in [2.75, 3.05) is 5.88 Å². The molecular weight excluding hydrogens is 302 g/mol. The van der Waals surface area contributed by atoms with Crippen molar-refractivity contribution in [1.29, 1.82) is 0 Å². The molecule has 5 heteroatoms. The van der Waals surface area contributed by atoms with Crippen LogP contribution in [0.25, 0.3) is 11.2 Å². The van der Waals surface area contributed by atoms with Crippen LogP contribution in [0.4, 0.5) is 0 Å². The van der Waals surface area contributed by atoms with E-state index < -0.39 is 0 Å². The summed E-state index contributed by atoms with van der Waals surface area (Å²) >= 11 is 7.75. The van der Waals surface area contributed by atoms with Crippen LogP contribution in [-0.4, -0.2) is 20.4 Å². The van der Waals surface area contributed by atoms with Gasteiger partial charge in [-0.3, -0.25) is 0 Å². The van der Waals surface area contributed by atoms with E-state index in [-0.39, 0.29) is 0 Å². The third-order valence-corrected chi connectivity index (χ3v) is 4.78. The molecule has 110 valence electrons. The van der Waals surface area contributed by atoms with E-state index in [1.165, 1.54) is 4.88 Å². The number of hydrogen-bond donors (Lipinski definition) is 0. The largest absolute Gasteiger partial charge is 0.309 e. The van der Waals surface area contributed by atoms with Crippen molar-refractivity contribution in [2.24, 2.45) is 0 Å². The van der Waals surface area contributed by atoms with E-state index in [0.717, 1.165) is 35.4 Å². The first-order chi connectivity index (χ1) is 10.2. The lowest BCUT2D eigenvalue weighted by Crippen LogP contribution is -2.12. The van der Waals surface area contributed by atoms with Gasteiger partial charge in [0.05, 0.1) is 0 Å². The van der Waals surface area contributed by atoms with Crippen molar-refractivity contribution in [1.82, 2.24) is 14.5 Å². The second kappa shape index (κ2) is 6.16. The molecule has 1 unspecified atom stereocenters. The normalized spacial score (nSPS) is 12.9. The highest BCUT2D eigenvalue weighted by atomic mass is 35.5. The number of hydrogen-bond acceptors (Lipinski definition) is 3. The lowest BCUT2D eigenvalue weighted by molar-refractivity contribution is 0.538. The molecule has 3 aromatic rings. The molecule has 0 spiro atoms. The smallest absolute Gasteiger partial charge is 0.160 e. The summed E-state index contributed by atoms with van der Waals surface area (Å²) in [5.74, 6) is 1.61. The summed E-state index contributed by atoms with van der Waals surface area (Å²) in [5.41, 5.74) is 3.13. The molecule has 0 aliphatic rings. The van der Waals surface area contributed by atoms with Crippen molar-refractivity contribution in [3.8, 4) is 0 Å². The molecule has 0 amide bonds. The minimum Gasteiger partial charge on any atom is -0.309 e. The van der Waals surface area contributed by atoms with E-state index in [2.05, 4.69) is 40.9 Å². The number of aryl methyl sites for hydroxylation is 2. The molecule has 1 atom stereocenters. The first kappa shape index (κ1) is 14.5. The van der Waals surface area contributed by atoms with E-state index in [1.807, 2.05) is 12.3 Å². The van der Waals surface area contributed by atoms with E-state index in [4.69, 9.17) is 16.6 Å². The Morgan fingerprint density at radius 3 is 2.95 bits per heavy atom. The lowest BCUT2D eigenvalue weighted by Gasteiger charge is -2.16. The Morgan fingerprint density at radius 1 is 1.38 bits per heavy atom. The maximum absolute atomic E-state index is 5.95. The minimum absolute atomic E-state index is 0.321. The van der Waals surface area contributed by atoms with Gasteiger partial charge in [-0.15, -0.1) is 22.9 Å². The molecule has 0 N–H and O–H groups in total. The Bertz CT molecular complexity index is 733. The Labute approximate surface area is 133 Å². The fourth-order valence-corrected chi connectivity index (χ4v) is 3.69. The van der Waals surface area contributed by atoms with E-state index in [0.29, 0.717) is 11.9 Å². The van der Waals surface area contributed by atoms with E-state index in [1.54, 1.807) is 11.3 Å². The molecule has 0 saturated heterocycles. The highest BCUT2D eigenvalue weighted by Crippen LogP contribution is 2.25. The predicted molar refractivity (Wildman–Crippen MR) is 89.4 cm³/mol. The zero-order valence-electron chi connectivity index (χ0n) is 12.2. The molecule has 0 aliphatic carbocycles. The van der Waals surface area contributed by atoms with Crippen LogP contribution in [0.2, 0.25) is 0 Å². The lowest BCUT2D eigenvalue weighted by atomic mass is 10.2. The van der Waals surface area contributed by atoms with Crippen molar-refractivity contribution in [3.63, 3.8) is 0 Å². The number of alkyl halides is 1. The molecular formula is C16H18ClN3S. The van der Waals surface area contributed by atoms with Crippen LogP contribution in [0, 0.1) is 6.92 Å². The van der Waals surface area contributed by atoms with Gasteiger partial charge >= 0.3 is 0 Å². The standard InChI is InChI=1S/C16H18ClN3S/c1-11-6-8-18-16-15(11)19-14(5-7-17)20(16)12(2)10-13-4-3-9-21-13/h3-4,6,8-9,12H,5,7,10H2,1-2H3. The van der Waals surface area contributed by atoms with Crippen LogP contribution in [-0.2, 0) is 12.8 Å². The van der Waals surface area contributed by atoms with Gasteiger partial charge in [-0.05, 0) is 36.9 Å². The molecule has 21 heavy (non-hydrogen) atoms. The molecule has 0 bridgehead atoms. The van der Waals surface area contributed by atoms with Crippen molar-refractivity contribution in [3.05, 3.63) is 46.0 Å². The predicted octanol–water partition coefficient (Wildman–Crippen LogP) is 4.39. The number of thiophene rings is 1. The van der Waals surface area contributed by atoms with Crippen LogP contribution < -0.4 is 0 Å². The average molecular weight is 320 g/mol. The summed E-state index contributed by atoms with van der Waals surface area (Å²) in [4.78, 5) is 10.7. The Hall–Kier alpha value is -1.39. The maximum atomic E-state index is 5.95. The Balaban J connectivity index is 2.06. The molecule has 3 nitrogen and oxygen atoms in total. The Morgan fingerprint density at radius 2 is 2.24 bits per heavy atom. The summed E-state index contributed by atoms with van der Waals surface area (Å²) in [6.07, 6.45) is 3.62. The van der Waals surface area contributed by atoms with E-state index in [9.17, 15) is 0 Å². The van der Waals surface area contributed by atoms with Crippen LogP contribution >= 0.6 is 22.9 Å². The average Bonchev–Trinajstić information content (AvgIpc) is 3.07. The molecule has 3 rings (SSSR count). The molecule has 0 radical (unpaired) electrons. The summed E-state index contributed by atoms with van der Waals surface area (Å²) in [7, 11) is 0. The van der Waals surface area contributed by atoms with Gasteiger partial charge in [0, 0.05) is 35.8 Å². The van der Waals surface area contributed by atoms with Gasteiger partial charge in [0.1, 0.15) is 11.3 Å². The molecule has 0 fully saturated rings. The zero-order chi connectivity index (χ0) is 14.8. The number of rotatable bonds is 5. The topological polar surface area (TPSA) is 30.7 Å². The van der Waals surface area contributed by atoms with Crippen molar-refractivity contribution < 1.29 is 0 Å². The number of aromatic nitrogens is 3. The highest BCUT2D eigenvalue weighted by molar-refractivity contribution is 7.09. The number of halogens is 1. The van der Waals surface area contributed by atoms with E-state index >= 15 is 0 Å². The molecule has 0 aliphatic heterocycles. The number of nitrogens with zero attached hydrogens (tertiary/aromatic N) is 3. The molecule has 3 heterocycles. The monoisotopic (exact) mass is 319 g/mol. The summed E-state index contributed by atoms with van der Waals surface area (Å²) in [5, 5.41) is 2.12. The fraction of sp³-hybridized carbons (Fsp3) is 0.375. The van der Waals surface area contributed by atoms with Gasteiger partial charge in [-0.2, -0.15) is 0 Å². The van der Waals surface area contributed by atoms with Crippen LogP contribution in [0.1, 0.15) is 29.2 Å². The van der Waals surface area contributed by atoms with Gasteiger partial charge in [0.15, 0.2) is 5.65 Å². The third kappa shape index (κ3) is 2.83. The van der Waals surface area contributed by atoms with Crippen LogP contribution in [0.5, 0.6) is 0 Å². The first-order valence-electron chi connectivity index (χ1n) is 7.11. The minimum atomic E-state index is 0.321. The van der Waals surface area contributed by atoms with Crippen LogP contribution in [0.15, 0.2) is 29.8 Å². The molecule has 0 aromatic carbocycles. The zero-order valence-corrected chi connectivity index (χ0v) is 13.8. The van der Waals surface area contributed by atoms with Crippen molar-refractivity contribution in [2.45, 2.75) is 32.7 Å². The second-order valence-corrected chi connectivity index (χ2v) is 6.68. The Kier molecular flexibility index (Phi) is 4.27. The summed E-state index contributed by atoms with van der Waals surface area (Å²) in [6, 6.07) is 6.61. The van der Waals surface area contributed by atoms with Crippen molar-refractivity contribution >= 4 is 34.1 Å². The third-order valence-electron chi connectivity index (χ3n) is 3.69.